The van der Waals surface area contributed by atoms with E-state index in [1.807, 2.05) is 11.3 Å². The van der Waals surface area contributed by atoms with Crippen LogP contribution in [0.4, 0.5) is 0 Å². The van der Waals surface area contributed by atoms with Crippen molar-refractivity contribution in [2.24, 2.45) is 0 Å². The quantitative estimate of drug-likeness (QED) is 0.501. The number of quaternary nitrogens is 1. The number of nitrogens with zero attached hydrogens (tertiary/aromatic N) is 1. The van der Waals surface area contributed by atoms with E-state index in [1.165, 1.54) is 35.4 Å². The van der Waals surface area contributed by atoms with Gasteiger partial charge in [-0.3, -0.25) is 0 Å². The minimum absolute atomic E-state index is 1.18. The van der Waals surface area contributed by atoms with Crippen LogP contribution in [0.3, 0.4) is 0 Å². The van der Waals surface area contributed by atoms with Gasteiger partial charge in [0.15, 0.2) is 0 Å². The lowest BCUT2D eigenvalue weighted by Gasteiger charge is -2.34. The van der Waals surface area contributed by atoms with E-state index in [4.69, 9.17) is 0 Å². The third-order valence-corrected chi connectivity index (χ3v) is 3.53. The Hall–Kier alpha value is -0.600. The Labute approximate surface area is 83.9 Å². The van der Waals surface area contributed by atoms with Crippen LogP contribution in [0.25, 0.3) is 0 Å². The average Bonchev–Trinajstić information content (AvgIpc) is 2.57. The van der Waals surface area contributed by atoms with E-state index in [0.717, 1.165) is 0 Å². The molecule has 2 rings (SSSR count). The minimum Gasteiger partial charge on any atom is -0.318 e. The molecule has 1 unspecified atom stereocenters. The van der Waals surface area contributed by atoms with Crippen molar-refractivity contribution < 1.29 is 4.48 Å². The van der Waals surface area contributed by atoms with E-state index in [2.05, 4.69) is 36.7 Å². The first-order valence-electron chi connectivity index (χ1n) is 4.79. The van der Waals surface area contributed by atoms with Gasteiger partial charge in [-0.25, -0.2) is 0 Å². The average molecular weight is 194 g/mol. The van der Waals surface area contributed by atoms with Crippen molar-refractivity contribution in [3.63, 3.8) is 0 Å². The summed E-state index contributed by atoms with van der Waals surface area (Å²) in [6.07, 6.45) is 5.85. The van der Waals surface area contributed by atoms with Crippen molar-refractivity contribution in [1.29, 1.82) is 0 Å². The standard InChI is InChI=1S/C11H16NS/c1-12(7-3-2-4-8-12)10-11-6-5-9-13-11/h2-3,5-6,9H,4,7-8,10H2,1H3/q+1. The maximum Gasteiger partial charge on any atom is 0.114 e. The van der Waals surface area contributed by atoms with Gasteiger partial charge in [0.25, 0.3) is 0 Å². The highest BCUT2D eigenvalue weighted by Gasteiger charge is 2.22. The van der Waals surface area contributed by atoms with E-state index >= 15 is 0 Å². The normalized spacial score (nSPS) is 27.8. The molecule has 1 aliphatic heterocycles. The van der Waals surface area contributed by atoms with E-state index < -0.39 is 0 Å². The molecular weight excluding hydrogens is 178 g/mol. The SMILES string of the molecule is C[N+]1(Cc2cccs2)CC=CCC1. The van der Waals surface area contributed by atoms with Crippen LogP contribution in [0, 0.1) is 0 Å². The molecule has 0 spiro atoms. The summed E-state index contributed by atoms with van der Waals surface area (Å²) in [4.78, 5) is 1.51. The number of likely N-dealkylation sites (N-methyl/N-ethyl adjacent to an activating group) is 1. The second-order valence-corrected chi connectivity index (χ2v) is 5.06. The van der Waals surface area contributed by atoms with Gasteiger partial charge in [0.2, 0.25) is 0 Å². The number of hydrogen-bond donors (Lipinski definition) is 0. The Bertz CT molecular complexity index is 289. The molecule has 2 heterocycles. The molecule has 1 aromatic rings. The summed E-state index contributed by atoms with van der Waals surface area (Å²) in [5.41, 5.74) is 0. The highest BCUT2D eigenvalue weighted by atomic mass is 32.1. The summed E-state index contributed by atoms with van der Waals surface area (Å²) >= 11 is 1.88. The highest BCUT2D eigenvalue weighted by molar-refractivity contribution is 7.09. The van der Waals surface area contributed by atoms with Crippen molar-refractivity contribution in [2.45, 2.75) is 13.0 Å². The van der Waals surface area contributed by atoms with Gasteiger partial charge in [-0.2, -0.15) is 0 Å². The van der Waals surface area contributed by atoms with Crippen molar-refractivity contribution in [3.8, 4) is 0 Å². The van der Waals surface area contributed by atoms with Gasteiger partial charge in [-0.05, 0) is 17.5 Å². The van der Waals surface area contributed by atoms with Crippen molar-refractivity contribution in [3.05, 3.63) is 34.5 Å². The number of thiophene rings is 1. The molecule has 0 aromatic carbocycles. The predicted octanol–water partition coefficient (Wildman–Crippen LogP) is 2.65. The zero-order valence-corrected chi connectivity index (χ0v) is 8.89. The summed E-state index contributed by atoms with van der Waals surface area (Å²) in [7, 11) is 2.35. The maximum atomic E-state index is 2.35. The summed E-state index contributed by atoms with van der Waals surface area (Å²) in [5, 5.41) is 2.17. The molecule has 0 radical (unpaired) electrons. The maximum absolute atomic E-state index is 2.35. The Morgan fingerprint density at radius 3 is 3.00 bits per heavy atom. The highest BCUT2D eigenvalue weighted by Crippen LogP contribution is 2.19. The van der Waals surface area contributed by atoms with Crippen molar-refractivity contribution in [2.75, 3.05) is 20.1 Å². The van der Waals surface area contributed by atoms with Gasteiger partial charge in [-0.15, -0.1) is 11.3 Å². The van der Waals surface area contributed by atoms with Crippen LogP contribution in [0.2, 0.25) is 0 Å². The van der Waals surface area contributed by atoms with E-state index in [0.29, 0.717) is 0 Å². The lowest BCUT2D eigenvalue weighted by molar-refractivity contribution is -0.917. The fourth-order valence-corrected chi connectivity index (χ4v) is 2.72. The molecule has 0 fully saturated rings. The van der Waals surface area contributed by atoms with Crippen LogP contribution in [0.5, 0.6) is 0 Å². The zero-order chi connectivity index (χ0) is 9.15. The Morgan fingerprint density at radius 2 is 2.38 bits per heavy atom. The second kappa shape index (κ2) is 3.64. The lowest BCUT2D eigenvalue weighted by atomic mass is 10.2. The smallest absolute Gasteiger partial charge is 0.114 e. The Morgan fingerprint density at radius 1 is 1.46 bits per heavy atom. The summed E-state index contributed by atoms with van der Waals surface area (Å²) in [6.45, 7) is 3.67. The van der Waals surface area contributed by atoms with Crippen molar-refractivity contribution in [1.82, 2.24) is 0 Å². The first-order chi connectivity index (χ1) is 6.29. The van der Waals surface area contributed by atoms with Crippen LogP contribution in [0.1, 0.15) is 11.3 Å². The van der Waals surface area contributed by atoms with Gasteiger partial charge in [0, 0.05) is 6.42 Å². The molecular formula is C11H16NS+. The van der Waals surface area contributed by atoms with Crippen LogP contribution in [-0.4, -0.2) is 24.6 Å². The summed E-state index contributed by atoms with van der Waals surface area (Å²) < 4.78 is 1.18. The van der Waals surface area contributed by atoms with Crippen LogP contribution in [-0.2, 0) is 6.54 Å². The minimum atomic E-state index is 1.18. The molecule has 0 amide bonds. The Kier molecular flexibility index (Phi) is 2.51. The number of rotatable bonds is 2. The molecule has 1 atom stereocenters. The Balaban J connectivity index is 2.04. The summed E-state index contributed by atoms with van der Waals surface area (Å²) in [6, 6.07) is 4.39. The molecule has 13 heavy (non-hydrogen) atoms. The van der Waals surface area contributed by atoms with Crippen molar-refractivity contribution >= 4 is 11.3 Å². The fraction of sp³-hybridized carbons (Fsp3) is 0.455. The van der Waals surface area contributed by atoms with E-state index in [1.54, 1.807) is 0 Å². The second-order valence-electron chi connectivity index (χ2n) is 4.02. The topological polar surface area (TPSA) is 0 Å². The van der Waals surface area contributed by atoms with Gasteiger partial charge in [0.1, 0.15) is 6.54 Å². The lowest BCUT2D eigenvalue weighted by Crippen LogP contribution is -2.45. The van der Waals surface area contributed by atoms with Gasteiger partial charge < -0.3 is 4.48 Å². The monoisotopic (exact) mass is 194 g/mol. The van der Waals surface area contributed by atoms with Crippen LogP contribution >= 0.6 is 11.3 Å². The van der Waals surface area contributed by atoms with Gasteiger partial charge >= 0.3 is 0 Å². The van der Waals surface area contributed by atoms with Crippen LogP contribution < -0.4 is 0 Å². The molecule has 0 bridgehead atoms. The molecule has 1 aliphatic rings. The van der Waals surface area contributed by atoms with Gasteiger partial charge in [0.05, 0.1) is 25.0 Å². The summed E-state index contributed by atoms with van der Waals surface area (Å²) in [5.74, 6) is 0. The zero-order valence-electron chi connectivity index (χ0n) is 8.07. The molecule has 2 heteroatoms. The third-order valence-electron chi connectivity index (χ3n) is 2.67. The first-order valence-corrected chi connectivity index (χ1v) is 5.67. The molecule has 1 aromatic heterocycles. The van der Waals surface area contributed by atoms with Crippen LogP contribution in [0.15, 0.2) is 29.7 Å². The number of hydrogen-bond acceptors (Lipinski definition) is 1. The van der Waals surface area contributed by atoms with Gasteiger partial charge in [-0.1, -0.05) is 12.1 Å². The van der Waals surface area contributed by atoms with E-state index in [-0.39, 0.29) is 0 Å². The molecule has 0 saturated carbocycles. The third kappa shape index (κ3) is 2.20. The fourth-order valence-electron chi connectivity index (χ4n) is 1.85. The first kappa shape index (κ1) is 8.97. The largest absolute Gasteiger partial charge is 0.318 e. The molecule has 70 valence electrons. The molecule has 1 nitrogen and oxygen atoms in total. The van der Waals surface area contributed by atoms with E-state index in [9.17, 15) is 0 Å². The molecule has 0 aliphatic carbocycles. The predicted molar refractivity (Wildman–Crippen MR) is 57.7 cm³/mol. The molecule has 0 saturated heterocycles. The molecule has 0 N–H and O–H groups in total.